The van der Waals surface area contributed by atoms with Crippen LogP contribution in [0.3, 0.4) is 0 Å². The number of carbonyl (C=O) groups is 1. The Kier molecular flexibility index (Phi) is 3.90. The van der Waals surface area contributed by atoms with Crippen LogP contribution in [0.1, 0.15) is 35.8 Å². The Balaban J connectivity index is 2.14. The molecule has 3 rings (SSSR count). The second-order valence-electron chi connectivity index (χ2n) is 5.79. The van der Waals surface area contributed by atoms with Crippen LogP contribution in [0.5, 0.6) is 0 Å². The zero-order chi connectivity index (χ0) is 16.6. The Bertz CT molecular complexity index is 953. The van der Waals surface area contributed by atoms with E-state index in [0.717, 1.165) is 18.4 Å². The Morgan fingerprint density at radius 1 is 1.35 bits per heavy atom. The van der Waals surface area contributed by atoms with Crippen LogP contribution < -0.4 is 10.9 Å². The number of unbranched alkanes of at least 4 members (excludes halogenated alkanes) is 1. The number of carbonyl (C=O) groups excluding carboxylic acids is 1. The van der Waals surface area contributed by atoms with E-state index in [1.165, 1.54) is 4.40 Å². The number of nitrogens with zero attached hydrogens (tertiary/aromatic N) is 3. The number of amides is 1. The lowest BCUT2D eigenvalue weighted by Gasteiger charge is -2.06. The van der Waals surface area contributed by atoms with Crippen molar-refractivity contribution in [1.82, 2.24) is 19.3 Å². The molecule has 0 aliphatic heterocycles. The molecule has 23 heavy (non-hydrogen) atoms. The molecule has 6 heteroatoms. The smallest absolute Gasteiger partial charge is 0.267 e. The summed E-state index contributed by atoms with van der Waals surface area (Å²) in [5.74, 6) is -0.177. The van der Waals surface area contributed by atoms with Gasteiger partial charge in [-0.25, -0.2) is 4.98 Å². The van der Waals surface area contributed by atoms with Crippen molar-refractivity contribution in [1.29, 1.82) is 0 Å². The van der Waals surface area contributed by atoms with Gasteiger partial charge in [-0.15, -0.1) is 0 Å². The summed E-state index contributed by atoms with van der Waals surface area (Å²) >= 11 is 0. The molecule has 1 N–H and O–H groups in total. The maximum atomic E-state index is 12.7. The minimum Gasteiger partial charge on any atom is -0.351 e. The number of hydrogen-bond acceptors (Lipinski definition) is 3. The summed E-state index contributed by atoms with van der Waals surface area (Å²) < 4.78 is 3.20. The monoisotopic (exact) mass is 312 g/mol. The van der Waals surface area contributed by atoms with E-state index in [9.17, 15) is 9.59 Å². The van der Waals surface area contributed by atoms with Crippen molar-refractivity contribution < 1.29 is 4.79 Å². The number of rotatable bonds is 4. The van der Waals surface area contributed by atoms with Gasteiger partial charge in [0.25, 0.3) is 11.5 Å². The van der Waals surface area contributed by atoms with Crippen LogP contribution in [0.2, 0.25) is 0 Å². The average molecular weight is 312 g/mol. The third-order valence-electron chi connectivity index (χ3n) is 3.99. The molecule has 3 heterocycles. The summed E-state index contributed by atoms with van der Waals surface area (Å²) in [6.07, 6.45) is 3.71. The first-order valence-corrected chi connectivity index (χ1v) is 7.79. The van der Waals surface area contributed by atoms with Gasteiger partial charge in [-0.3, -0.25) is 14.0 Å². The molecule has 6 nitrogen and oxygen atoms in total. The molecule has 0 bridgehead atoms. The highest BCUT2D eigenvalue weighted by Gasteiger charge is 2.17. The second-order valence-corrected chi connectivity index (χ2v) is 5.79. The summed E-state index contributed by atoms with van der Waals surface area (Å²) in [6.45, 7) is 4.62. The van der Waals surface area contributed by atoms with Crippen LogP contribution in [0.4, 0.5) is 0 Å². The molecule has 0 fully saturated rings. The van der Waals surface area contributed by atoms with Crippen molar-refractivity contribution in [2.75, 3.05) is 6.54 Å². The van der Waals surface area contributed by atoms with E-state index in [2.05, 4.69) is 17.2 Å². The molecule has 1 amide bonds. The van der Waals surface area contributed by atoms with Crippen LogP contribution in [0, 0.1) is 6.92 Å². The maximum absolute atomic E-state index is 12.7. The Hall–Kier alpha value is -2.63. The predicted octanol–water partition coefficient (Wildman–Crippen LogP) is 2.02. The summed E-state index contributed by atoms with van der Waals surface area (Å²) in [5.41, 5.74) is 2.38. The molecule has 0 aromatic carbocycles. The Labute approximate surface area is 133 Å². The molecule has 0 aliphatic rings. The molecule has 3 aromatic heterocycles. The van der Waals surface area contributed by atoms with Crippen LogP contribution >= 0.6 is 0 Å². The van der Waals surface area contributed by atoms with E-state index in [1.54, 1.807) is 23.9 Å². The zero-order valence-corrected chi connectivity index (χ0v) is 13.6. The number of fused-ring (bicyclic) bond motifs is 2. The minimum absolute atomic E-state index is 0.156. The molecular weight excluding hydrogens is 292 g/mol. The van der Waals surface area contributed by atoms with Gasteiger partial charge in [-0.1, -0.05) is 19.4 Å². The molecule has 0 aliphatic carbocycles. The van der Waals surface area contributed by atoms with Gasteiger partial charge in [0.1, 0.15) is 17.0 Å². The number of pyridine rings is 1. The van der Waals surface area contributed by atoms with Crippen molar-refractivity contribution in [2.24, 2.45) is 7.05 Å². The van der Waals surface area contributed by atoms with Gasteiger partial charge >= 0.3 is 0 Å². The van der Waals surface area contributed by atoms with Crippen molar-refractivity contribution in [3.8, 4) is 0 Å². The van der Waals surface area contributed by atoms with E-state index >= 15 is 0 Å². The first kappa shape index (κ1) is 15.3. The lowest BCUT2D eigenvalue weighted by atomic mass is 10.3. The third-order valence-corrected chi connectivity index (χ3v) is 3.99. The van der Waals surface area contributed by atoms with E-state index in [1.807, 2.05) is 19.1 Å². The molecule has 3 aromatic rings. The average Bonchev–Trinajstić information content (AvgIpc) is 2.86. The molecule has 120 valence electrons. The standard InChI is InChI=1S/C17H20N4O2/c1-4-5-8-18-16(22)13-9-12-15(20(13)3)19-14-7-6-11(2)10-21(14)17(12)23/h6-7,9-10H,4-5,8H2,1-3H3,(H,18,22). The van der Waals surface area contributed by atoms with E-state index in [-0.39, 0.29) is 11.5 Å². The minimum atomic E-state index is -0.177. The van der Waals surface area contributed by atoms with Gasteiger partial charge in [0, 0.05) is 19.8 Å². The molecule has 0 saturated carbocycles. The van der Waals surface area contributed by atoms with E-state index in [4.69, 9.17) is 0 Å². The SMILES string of the molecule is CCCCNC(=O)c1cc2c(=O)n3cc(C)ccc3nc2n1C. The first-order valence-electron chi connectivity index (χ1n) is 7.79. The zero-order valence-electron chi connectivity index (χ0n) is 13.6. The van der Waals surface area contributed by atoms with Gasteiger partial charge in [0.05, 0.1) is 5.39 Å². The molecule has 0 unspecified atom stereocenters. The summed E-state index contributed by atoms with van der Waals surface area (Å²) in [6, 6.07) is 5.35. The highest BCUT2D eigenvalue weighted by atomic mass is 16.2. The summed E-state index contributed by atoms with van der Waals surface area (Å²) in [4.78, 5) is 29.5. The van der Waals surface area contributed by atoms with Crippen molar-refractivity contribution in [3.05, 3.63) is 46.0 Å². The topological polar surface area (TPSA) is 68.4 Å². The highest BCUT2D eigenvalue weighted by Crippen LogP contribution is 2.15. The van der Waals surface area contributed by atoms with Crippen LogP contribution in [0.25, 0.3) is 16.7 Å². The fourth-order valence-corrected chi connectivity index (χ4v) is 2.66. The molecule has 0 atom stereocenters. The van der Waals surface area contributed by atoms with Gasteiger partial charge in [-0.05, 0) is 31.0 Å². The first-order chi connectivity index (χ1) is 11.0. The summed E-state index contributed by atoms with van der Waals surface area (Å²) in [7, 11) is 1.76. The molecule has 0 saturated heterocycles. The van der Waals surface area contributed by atoms with Crippen LogP contribution in [-0.4, -0.2) is 26.4 Å². The van der Waals surface area contributed by atoms with Crippen molar-refractivity contribution in [2.45, 2.75) is 26.7 Å². The lowest BCUT2D eigenvalue weighted by Crippen LogP contribution is -2.26. The normalized spacial score (nSPS) is 11.3. The second kappa shape index (κ2) is 5.87. The fraction of sp³-hybridized carbons (Fsp3) is 0.353. The Morgan fingerprint density at radius 2 is 2.13 bits per heavy atom. The van der Waals surface area contributed by atoms with Gasteiger partial charge in [0.15, 0.2) is 0 Å². The third kappa shape index (κ3) is 2.60. The molecular formula is C17H20N4O2. The van der Waals surface area contributed by atoms with Gasteiger partial charge in [0.2, 0.25) is 0 Å². The predicted molar refractivity (Wildman–Crippen MR) is 89.9 cm³/mol. The summed E-state index contributed by atoms with van der Waals surface area (Å²) in [5, 5.41) is 3.33. The maximum Gasteiger partial charge on any atom is 0.267 e. The van der Waals surface area contributed by atoms with Crippen molar-refractivity contribution in [3.63, 3.8) is 0 Å². The van der Waals surface area contributed by atoms with E-state index in [0.29, 0.717) is 28.9 Å². The van der Waals surface area contributed by atoms with Crippen molar-refractivity contribution >= 4 is 22.6 Å². The van der Waals surface area contributed by atoms with Gasteiger partial charge < -0.3 is 9.88 Å². The number of aromatic nitrogens is 3. The number of hydrogen-bond donors (Lipinski definition) is 1. The number of aryl methyl sites for hydroxylation is 2. The number of nitrogens with one attached hydrogen (secondary N) is 1. The fourth-order valence-electron chi connectivity index (χ4n) is 2.66. The van der Waals surface area contributed by atoms with E-state index < -0.39 is 0 Å². The van der Waals surface area contributed by atoms with Crippen LogP contribution in [0.15, 0.2) is 29.2 Å². The lowest BCUT2D eigenvalue weighted by molar-refractivity contribution is 0.0945. The molecule has 0 spiro atoms. The quantitative estimate of drug-likeness (QED) is 0.749. The highest BCUT2D eigenvalue weighted by molar-refractivity contribution is 5.98. The van der Waals surface area contributed by atoms with Gasteiger partial charge in [-0.2, -0.15) is 0 Å². The van der Waals surface area contributed by atoms with Crippen LogP contribution in [-0.2, 0) is 7.05 Å². The largest absolute Gasteiger partial charge is 0.351 e. The molecule has 0 radical (unpaired) electrons. The Morgan fingerprint density at radius 3 is 2.87 bits per heavy atom.